The van der Waals surface area contributed by atoms with Gasteiger partial charge in [0.1, 0.15) is 0 Å². The average Bonchev–Trinajstić information content (AvgIpc) is 2.19. The van der Waals surface area contributed by atoms with Crippen molar-refractivity contribution in [3.63, 3.8) is 0 Å². The van der Waals surface area contributed by atoms with E-state index in [2.05, 4.69) is 10.4 Å². The Balaban J connectivity index is 2.41. The van der Waals surface area contributed by atoms with E-state index < -0.39 is 0 Å². The molecule has 14 heavy (non-hydrogen) atoms. The number of aromatic nitrogens is 1. The third-order valence-corrected chi connectivity index (χ3v) is 1.78. The van der Waals surface area contributed by atoms with Crippen molar-refractivity contribution in [3.8, 4) is 0 Å². The van der Waals surface area contributed by atoms with E-state index in [1.807, 2.05) is 24.1 Å². The van der Waals surface area contributed by atoms with Crippen LogP contribution in [0.4, 0.5) is 0 Å². The normalized spacial score (nSPS) is 10.2. The lowest BCUT2D eigenvalue weighted by Gasteiger charge is -2.14. The second kappa shape index (κ2) is 5.31. The Labute approximate surface area is 82.9 Å². The van der Waals surface area contributed by atoms with E-state index >= 15 is 0 Å². The number of nitrogens with zero attached hydrogens (tertiary/aromatic N) is 2. The Morgan fingerprint density at radius 3 is 2.79 bits per heavy atom. The van der Waals surface area contributed by atoms with Crippen LogP contribution in [0.3, 0.4) is 0 Å². The minimum absolute atomic E-state index is 0.193. The van der Waals surface area contributed by atoms with Crippen LogP contribution in [0.15, 0.2) is 24.5 Å². The fourth-order valence-electron chi connectivity index (χ4n) is 1.15. The molecule has 0 saturated heterocycles. The summed E-state index contributed by atoms with van der Waals surface area (Å²) in [6, 6.07) is 3.83. The quantitative estimate of drug-likeness (QED) is 0.385. The highest BCUT2D eigenvalue weighted by Gasteiger charge is 2.04. The van der Waals surface area contributed by atoms with Crippen LogP contribution >= 0.6 is 0 Å². The average molecular weight is 194 g/mol. The van der Waals surface area contributed by atoms with Gasteiger partial charge in [-0.25, -0.2) is 5.84 Å². The summed E-state index contributed by atoms with van der Waals surface area (Å²) in [7, 11) is 1.86. The van der Waals surface area contributed by atoms with Crippen molar-refractivity contribution in [1.82, 2.24) is 15.3 Å². The van der Waals surface area contributed by atoms with Gasteiger partial charge in [-0.15, -0.1) is 0 Å². The lowest BCUT2D eigenvalue weighted by molar-refractivity contribution is -0.122. The summed E-state index contributed by atoms with van der Waals surface area (Å²) in [4.78, 5) is 16.7. The third kappa shape index (κ3) is 3.51. The number of pyridine rings is 1. The number of hydrazine groups is 1. The van der Waals surface area contributed by atoms with Crippen molar-refractivity contribution in [2.45, 2.75) is 6.54 Å². The van der Waals surface area contributed by atoms with Crippen LogP contribution < -0.4 is 11.3 Å². The predicted molar refractivity (Wildman–Crippen MR) is 52.9 cm³/mol. The molecule has 0 aliphatic rings. The van der Waals surface area contributed by atoms with Gasteiger partial charge >= 0.3 is 0 Å². The van der Waals surface area contributed by atoms with Crippen molar-refractivity contribution in [2.75, 3.05) is 13.6 Å². The molecule has 0 spiro atoms. The molecule has 0 aliphatic carbocycles. The highest BCUT2D eigenvalue weighted by Crippen LogP contribution is 1.99. The molecule has 0 aromatic carbocycles. The predicted octanol–water partition coefficient (Wildman–Crippen LogP) is -0.497. The Morgan fingerprint density at radius 1 is 1.57 bits per heavy atom. The molecule has 1 aromatic rings. The summed E-state index contributed by atoms with van der Waals surface area (Å²) < 4.78 is 0. The van der Waals surface area contributed by atoms with Crippen LogP contribution in [0.2, 0.25) is 0 Å². The first-order chi connectivity index (χ1) is 6.72. The van der Waals surface area contributed by atoms with Crippen LogP contribution in [0, 0.1) is 0 Å². The second-order valence-electron chi connectivity index (χ2n) is 3.10. The number of nitrogens with one attached hydrogen (secondary N) is 1. The molecule has 0 unspecified atom stereocenters. The van der Waals surface area contributed by atoms with Crippen molar-refractivity contribution < 1.29 is 4.79 Å². The summed E-state index contributed by atoms with van der Waals surface area (Å²) in [6.45, 7) is 0.995. The summed E-state index contributed by atoms with van der Waals surface area (Å²) in [5.74, 6) is 4.78. The van der Waals surface area contributed by atoms with Crippen LogP contribution in [0.1, 0.15) is 5.56 Å². The van der Waals surface area contributed by atoms with Crippen molar-refractivity contribution in [2.24, 2.45) is 5.84 Å². The first-order valence-corrected chi connectivity index (χ1v) is 4.29. The molecular weight excluding hydrogens is 180 g/mol. The van der Waals surface area contributed by atoms with Gasteiger partial charge in [0, 0.05) is 18.9 Å². The van der Waals surface area contributed by atoms with E-state index in [-0.39, 0.29) is 5.91 Å². The summed E-state index contributed by atoms with van der Waals surface area (Å²) in [6.07, 6.45) is 3.46. The fourth-order valence-corrected chi connectivity index (χ4v) is 1.15. The summed E-state index contributed by atoms with van der Waals surface area (Å²) in [5, 5.41) is 0. The standard InChI is InChI=1S/C9H14N4O/c1-13(7-9(14)12-10)6-8-2-4-11-5-3-8/h2-5H,6-7,10H2,1H3,(H,12,14). The van der Waals surface area contributed by atoms with Gasteiger partial charge in [-0.1, -0.05) is 0 Å². The van der Waals surface area contributed by atoms with E-state index in [4.69, 9.17) is 5.84 Å². The van der Waals surface area contributed by atoms with Gasteiger partial charge in [-0.3, -0.25) is 20.1 Å². The summed E-state index contributed by atoms with van der Waals surface area (Å²) in [5.41, 5.74) is 3.21. The Bertz CT molecular complexity index is 288. The number of likely N-dealkylation sites (N-methyl/N-ethyl adjacent to an activating group) is 1. The molecule has 1 heterocycles. The van der Waals surface area contributed by atoms with E-state index in [1.165, 1.54) is 0 Å². The molecule has 5 nitrogen and oxygen atoms in total. The number of rotatable bonds is 4. The van der Waals surface area contributed by atoms with E-state index in [0.29, 0.717) is 13.1 Å². The highest BCUT2D eigenvalue weighted by molar-refractivity contribution is 5.77. The number of hydrogen-bond acceptors (Lipinski definition) is 4. The molecule has 5 heteroatoms. The van der Waals surface area contributed by atoms with Crippen LogP contribution in [0.25, 0.3) is 0 Å². The maximum absolute atomic E-state index is 10.9. The second-order valence-corrected chi connectivity index (χ2v) is 3.10. The third-order valence-electron chi connectivity index (χ3n) is 1.78. The molecular formula is C9H14N4O. The topological polar surface area (TPSA) is 71.2 Å². The number of amides is 1. The zero-order valence-corrected chi connectivity index (χ0v) is 8.10. The first-order valence-electron chi connectivity index (χ1n) is 4.29. The van der Waals surface area contributed by atoms with Gasteiger partial charge in [0.2, 0.25) is 5.91 Å². The van der Waals surface area contributed by atoms with Crippen LogP contribution in [0.5, 0.6) is 0 Å². The van der Waals surface area contributed by atoms with Gasteiger partial charge < -0.3 is 0 Å². The highest BCUT2D eigenvalue weighted by atomic mass is 16.2. The Hall–Kier alpha value is -1.46. The van der Waals surface area contributed by atoms with Crippen molar-refractivity contribution >= 4 is 5.91 Å². The van der Waals surface area contributed by atoms with E-state index in [9.17, 15) is 4.79 Å². The number of nitrogens with two attached hydrogens (primary N) is 1. The molecule has 1 amide bonds. The molecule has 1 aromatic heterocycles. The Kier molecular flexibility index (Phi) is 4.03. The maximum atomic E-state index is 10.9. The summed E-state index contributed by atoms with van der Waals surface area (Å²) >= 11 is 0. The zero-order chi connectivity index (χ0) is 10.4. The Morgan fingerprint density at radius 2 is 2.21 bits per heavy atom. The maximum Gasteiger partial charge on any atom is 0.248 e. The van der Waals surface area contributed by atoms with E-state index in [1.54, 1.807) is 12.4 Å². The van der Waals surface area contributed by atoms with Gasteiger partial charge in [0.05, 0.1) is 6.54 Å². The van der Waals surface area contributed by atoms with Crippen LogP contribution in [-0.4, -0.2) is 29.4 Å². The van der Waals surface area contributed by atoms with Gasteiger partial charge in [-0.2, -0.15) is 0 Å². The molecule has 3 N–H and O–H groups in total. The number of hydrogen-bond donors (Lipinski definition) is 2. The first kappa shape index (κ1) is 10.6. The molecule has 0 saturated carbocycles. The molecule has 0 aliphatic heterocycles. The number of carbonyl (C=O) groups is 1. The molecule has 0 atom stereocenters. The molecule has 76 valence electrons. The zero-order valence-electron chi connectivity index (χ0n) is 8.10. The van der Waals surface area contributed by atoms with Gasteiger partial charge in [0.25, 0.3) is 0 Å². The van der Waals surface area contributed by atoms with Crippen molar-refractivity contribution in [1.29, 1.82) is 0 Å². The molecule has 1 rings (SSSR count). The largest absolute Gasteiger partial charge is 0.293 e. The van der Waals surface area contributed by atoms with Gasteiger partial charge in [-0.05, 0) is 24.7 Å². The lowest BCUT2D eigenvalue weighted by atomic mass is 10.2. The molecule has 0 fully saturated rings. The fraction of sp³-hybridized carbons (Fsp3) is 0.333. The van der Waals surface area contributed by atoms with Crippen molar-refractivity contribution in [3.05, 3.63) is 30.1 Å². The minimum Gasteiger partial charge on any atom is -0.293 e. The smallest absolute Gasteiger partial charge is 0.248 e. The van der Waals surface area contributed by atoms with Crippen LogP contribution in [-0.2, 0) is 11.3 Å². The number of carbonyl (C=O) groups excluding carboxylic acids is 1. The SMILES string of the molecule is CN(CC(=O)NN)Cc1ccncc1. The minimum atomic E-state index is -0.193. The lowest BCUT2D eigenvalue weighted by Crippen LogP contribution is -2.38. The van der Waals surface area contributed by atoms with Gasteiger partial charge in [0.15, 0.2) is 0 Å². The molecule has 0 radical (unpaired) electrons. The molecule has 0 bridgehead atoms. The van der Waals surface area contributed by atoms with E-state index in [0.717, 1.165) is 5.56 Å². The monoisotopic (exact) mass is 194 g/mol.